The van der Waals surface area contributed by atoms with Crippen molar-refractivity contribution >= 4 is 53.5 Å². The van der Waals surface area contributed by atoms with Crippen molar-refractivity contribution in [1.29, 1.82) is 0 Å². The van der Waals surface area contributed by atoms with E-state index in [9.17, 15) is 4.39 Å². The van der Waals surface area contributed by atoms with Crippen molar-refractivity contribution in [3.8, 4) is 0 Å². The van der Waals surface area contributed by atoms with Gasteiger partial charge in [0.1, 0.15) is 5.82 Å². The summed E-state index contributed by atoms with van der Waals surface area (Å²) in [6, 6.07) is 11.4. The molecule has 0 spiro atoms. The number of benzene rings is 2. The van der Waals surface area contributed by atoms with Gasteiger partial charge in [0.05, 0.1) is 5.69 Å². The molecule has 1 saturated carbocycles. The molecule has 1 aliphatic rings. The Kier molecular flexibility index (Phi) is 4.71. The highest BCUT2D eigenvalue weighted by molar-refractivity contribution is 9.11. The molecule has 0 atom stereocenters. The maximum Gasteiger partial charge on any atom is 0.123 e. The second-order valence-electron chi connectivity index (χ2n) is 5.31. The lowest BCUT2D eigenvalue weighted by atomic mass is 9.76. The Hall–Kier alpha value is -0.390. The van der Waals surface area contributed by atoms with Crippen LogP contribution in [0.5, 0.6) is 0 Å². The summed E-state index contributed by atoms with van der Waals surface area (Å²) in [5, 5.41) is 3.55. The predicted octanol–water partition coefficient (Wildman–Crippen LogP) is 6.47. The average molecular weight is 478 g/mol. The molecule has 21 heavy (non-hydrogen) atoms. The van der Waals surface area contributed by atoms with Crippen LogP contribution in [0.1, 0.15) is 24.3 Å². The minimum atomic E-state index is -0.151. The molecular weight excluding hydrogens is 465 g/mol. The molecule has 110 valence electrons. The number of nitrogens with one attached hydrogen (secondary N) is 1. The third-order valence-corrected chi connectivity index (χ3v) is 5.52. The topological polar surface area (TPSA) is 12.0 Å². The molecule has 3 rings (SSSR count). The zero-order valence-electron chi connectivity index (χ0n) is 11.0. The fourth-order valence-electron chi connectivity index (χ4n) is 2.65. The van der Waals surface area contributed by atoms with Crippen LogP contribution in [0.3, 0.4) is 0 Å². The van der Waals surface area contributed by atoms with Gasteiger partial charge in [-0.15, -0.1) is 0 Å². The number of rotatable bonds is 3. The number of hydrogen-bond donors (Lipinski definition) is 1. The zero-order valence-corrected chi connectivity index (χ0v) is 15.8. The van der Waals surface area contributed by atoms with E-state index >= 15 is 0 Å². The van der Waals surface area contributed by atoms with Crippen molar-refractivity contribution in [2.75, 3.05) is 5.32 Å². The van der Waals surface area contributed by atoms with E-state index in [0.29, 0.717) is 12.0 Å². The molecule has 0 amide bonds. The fraction of sp³-hybridized carbons (Fsp3) is 0.250. The highest BCUT2D eigenvalue weighted by Crippen LogP contribution is 2.42. The molecule has 0 bridgehead atoms. The van der Waals surface area contributed by atoms with Crippen LogP contribution >= 0.6 is 47.8 Å². The van der Waals surface area contributed by atoms with Crippen LogP contribution in [0.15, 0.2) is 49.8 Å². The minimum absolute atomic E-state index is 0.151. The maximum absolute atomic E-state index is 13.2. The van der Waals surface area contributed by atoms with E-state index in [2.05, 4.69) is 53.1 Å². The lowest BCUT2D eigenvalue weighted by Crippen LogP contribution is -2.34. The summed E-state index contributed by atoms with van der Waals surface area (Å²) in [6.45, 7) is 0. The maximum atomic E-state index is 13.2. The molecule has 1 fully saturated rings. The van der Waals surface area contributed by atoms with Crippen LogP contribution < -0.4 is 5.32 Å². The van der Waals surface area contributed by atoms with E-state index in [1.54, 1.807) is 12.1 Å². The summed E-state index contributed by atoms with van der Waals surface area (Å²) in [5.41, 5.74) is 2.17. The van der Waals surface area contributed by atoms with Crippen LogP contribution in [0.25, 0.3) is 0 Å². The smallest absolute Gasteiger partial charge is 0.123 e. The van der Waals surface area contributed by atoms with Crippen molar-refractivity contribution in [3.05, 3.63) is 61.2 Å². The van der Waals surface area contributed by atoms with Crippen LogP contribution in [0.4, 0.5) is 10.1 Å². The summed E-state index contributed by atoms with van der Waals surface area (Å²) < 4.78 is 16.3. The second kappa shape index (κ2) is 6.39. The molecule has 0 heterocycles. The largest absolute Gasteiger partial charge is 0.380 e. The number of halogens is 4. The van der Waals surface area contributed by atoms with Gasteiger partial charge >= 0.3 is 0 Å². The summed E-state index contributed by atoms with van der Waals surface area (Å²) in [4.78, 5) is 0. The van der Waals surface area contributed by atoms with Gasteiger partial charge in [0.2, 0.25) is 0 Å². The van der Waals surface area contributed by atoms with Crippen molar-refractivity contribution < 1.29 is 4.39 Å². The Bertz CT molecular complexity index is 645. The van der Waals surface area contributed by atoms with Crippen molar-refractivity contribution in [2.45, 2.75) is 24.8 Å². The summed E-state index contributed by atoms with van der Waals surface area (Å²) >= 11 is 10.6. The van der Waals surface area contributed by atoms with E-state index in [4.69, 9.17) is 0 Å². The second-order valence-corrected chi connectivity index (χ2v) is 7.93. The first-order valence-electron chi connectivity index (χ1n) is 6.69. The van der Waals surface area contributed by atoms with Crippen LogP contribution in [0.2, 0.25) is 0 Å². The van der Waals surface area contributed by atoms with E-state index < -0.39 is 0 Å². The standard InChI is InChI=1S/C16H13Br3FN/c17-11-7-14(18)16(15(19)8-11)21-13-5-10(6-13)9-2-1-3-12(20)4-9/h1-4,7-8,10,13,21H,5-6H2. The number of hydrogen-bond acceptors (Lipinski definition) is 1. The van der Waals surface area contributed by atoms with E-state index in [1.165, 1.54) is 6.07 Å². The summed E-state index contributed by atoms with van der Waals surface area (Å²) in [7, 11) is 0. The Labute approximate surface area is 148 Å². The molecule has 0 aromatic heterocycles. The first kappa shape index (κ1) is 15.5. The lowest BCUT2D eigenvalue weighted by Gasteiger charge is -2.37. The molecule has 0 aliphatic heterocycles. The fourth-order valence-corrected chi connectivity index (χ4v) is 5.14. The molecule has 2 aromatic carbocycles. The Balaban J connectivity index is 1.65. The van der Waals surface area contributed by atoms with Crippen molar-refractivity contribution in [2.24, 2.45) is 0 Å². The highest BCUT2D eigenvalue weighted by Gasteiger charge is 2.31. The minimum Gasteiger partial charge on any atom is -0.380 e. The Morgan fingerprint density at radius 3 is 2.29 bits per heavy atom. The molecule has 0 saturated heterocycles. The van der Waals surface area contributed by atoms with Crippen molar-refractivity contribution in [3.63, 3.8) is 0 Å². The Morgan fingerprint density at radius 1 is 1.00 bits per heavy atom. The average Bonchev–Trinajstić information content (AvgIpc) is 2.35. The van der Waals surface area contributed by atoms with Crippen LogP contribution in [-0.2, 0) is 0 Å². The Morgan fingerprint density at radius 2 is 1.67 bits per heavy atom. The van der Waals surface area contributed by atoms with Crippen molar-refractivity contribution in [1.82, 2.24) is 0 Å². The molecule has 1 nitrogen and oxygen atoms in total. The molecule has 0 unspecified atom stereocenters. The summed E-state index contributed by atoms with van der Waals surface area (Å²) in [6.07, 6.45) is 2.05. The summed E-state index contributed by atoms with van der Waals surface area (Å²) in [5.74, 6) is 0.300. The number of anilines is 1. The van der Waals surface area contributed by atoms with Gasteiger partial charge < -0.3 is 5.32 Å². The third-order valence-electron chi connectivity index (χ3n) is 3.81. The van der Waals surface area contributed by atoms with E-state index in [0.717, 1.165) is 37.5 Å². The molecular formula is C16H13Br3FN. The van der Waals surface area contributed by atoms with E-state index in [1.807, 2.05) is 18.2 Å². The predicted molar refractivity (Wildman–Crippen MR) is 95.3 cm³/mol. The third kappa shape index (κ3) is 3.51. The molecule has 0 radical (unpaired) electrons. The van der Waals surface area contributed by atoms with Gasteiger partial charge in [0.15, 0.2) is 0 Å². The van der Waals surface area contributed by atoms with Gasteiger partial charge in [-0.25, -0.2) is 4.39 Å². The normalized spacial score (nSPS) is 21.0. The highest BCUT2D eigenvalue weighted by atomic mass is 79.9. The molecule has 5 heteroatoms. The van der Waals surface area contributed by atoms with Gasteiger partial charge in [0.25, 0.3) is 0 Å². The van der Waals surface area contributed by atoms with E-state index in [-0.39, 0.29) is 5.82 Å². The quantitative estimate of drug-likeness (QED) is 0.534. The molecule has 1 N–H and O–H groups in total. The van der Waals surface area contributed by atoms with Gasteiger partial charge in [0, 0.05) is 19.5 Å². The monoisotopic (exact) mass is 475 g/mol. The van der Waals surface area contributed by atoms with Gasteiger partial charge in [-0.3, -0.25) is 0 Å². The zero-order chi connectivity index (χ0) is 15.0. The van der Waals surface area contributed by atoms with Gasteiger partial charge in [-0.1, -0.05) is 28.1 Å². The van der Waals surface area contributed by atoms with Gasteiger partial charge in [-0.2, -0.15) is 0 Å². The first-order valence-corrected chi connectivity index (χ1v) is 9.07. The SMILES string of the molecule is Fc1cccc(C2CC(Nc3c(Br)cc(Br)cc3Br)C2)c1. The molecule has 2 aromatic rings. The lowest BCUT2D eigenvalue weighted by molar-refractivity contribution is 0.373. The molecule has 1 aliphatic carbocycles. The van der Waals surface area contributed by atoms with Crippen LogP contribution in [0, 0.1) is 5.82 Å². The van der Waals surface area contributed by atoms with Crippen LogP contribution in [-0.4, -0.2) is 6.04 Å². The first-order chi connectivity index (χ1) is 10.0. The van der Waals surface area contributed by atoms with Gasteiger partial charge in [-0.05, 0) is 80.4 Å².